The van der Waals surface area contributed by atoms with E-state index >= 15 is 0 Å². The molecule has 1 aromatic heterocycles. The van der Waals surface area contributed by atoms with Crippen LogP contribution in [0.15, 0.2) is 26.8 Å². The zero-order chi connectivity index (χ0) is 34.7. The normalized spacial score (nSPS) is 30.0. The van der Waals surface area contributed by atoms with Crippen LogP contribution in [0.2, 0.25) is 0 Å². The number of amides is 1. The van der Waals surface area contributed by atoms with Crippen LogP contribution in [-0.4, -0.2) is 53.7 Å². The molecule has 48 heavy (non-hydrogen) atoms. The van der Waals surface area contributed by atoms with Crippen LogP contribution in [0, 0.1) is 42.4 Å². The summed E-state index contributed by atoms with van der Waals surface area (Å²) < 4.78 is 17.3. The van der Waals surface area contributed by atoms with Gasteiger partial charge >= 0.3 is 18.0 Å². The van der Waals surface area contributed by atoms with Crippen molar-refractivity contribution in [1.29, 1.82) is 0 Å². The van der Waals surface area contributed by atoms with E-state index in [1.807, 2.05) is 0 Å². The number of esters is 2. The minimum Gasteiger partial charge on any atom is -0.466 e. The topological polar surface area (TPSA) is 150 Å². The van der Waals surface area contributed by atoms with Gasteiger partial charge in [0.15, 0.2) is 5.84 Å². The largest absolute Gasteiger partial charge is 0.466 e. The van der Waals surface area contributed by atoms with Crippen molar-refractivity contribution in [3.8, 4) is 0 Å². The molecule has 2 heterocycles. The molecule has 0 bridgehead atoms. The summed E-state index contributed by atoms with van der Waals surface area (Å²) in [5, 5.41) is 12.9. The Morgan fingerprint density at radius 3 is 1.90 bits per heavy atom. The molecule has 0 aromatic carbocycles. The number of hydrogen-bond donors (Lipinski definition) is 2. The van der Waals surface area contributed by atoms with Crippen molar-refractivity contribution in [2.45, 2.75) is 107 Å². The summed E-state index contributed by atoms with van der Waals surface area (Å²) in [7, 11) is 0. The Kier molecular flexibility index (Phi) is 13.4. The van der Waals surface area contributed by atoms with E-state index in [0.29, 0.717) is 34.4 Å². The molecular formula is C36H51N4O7Zn-. The Bertz CT molecular complexity index is 1490. The molecule has 12 heteroatoms. The fraction of sp³-hybridized carbons (Fsp3) is 0.639. The van der Waals surface area contributed by atoms with Gasteiger partial charge in [0.2, 0.25) is 0 Å². The van der Waals surface area contributed by atoms with Gasteiger partial charge in [-0.15, -0.1) is 0 Å². The molecule has 1 aliphatic heterocycles. The van der Waals surface area contributed by atoms with Crippen LogP contribution in [0.4, 0.5) is 5.82 Å². The first-order valence-electron chi connectivity index (χ1n) is 16.9. The number of rotatable bonds is 7. The van der Waals surface area contributed by atoms with Crippen LogP contribution in [0.3, 0.4) is 0 Å². The van der Waals surface area contributed by atoms with Crippen molar-refractivity contribution in [3.63, 3.8) is 0 Å². The second-order valence-corrected chi connectivity index (χ2v) is 14.1. The van der Waals surface area contributed by atoms with Gasteiger partial charge in [-0.2, -0.15) is 4.99 Å². The first kappa shape index (κ1) is 39.2. The number of nitrogens with zero attached hydrogens (tertiary/aromatic N) is 3. The van der Waals surface area contributed by atoms with Crippen LogP contribution >= 0.6 is 0 Å². The van der Waals surface area contributed by atoms with Gasteiger partial charge in [0.1, 0.15) is 23.7 Å². The van der Waals surface area contributed by atoms with Crippen molar-refractivity contribution in [1.82, 2.24) is 4.98 Å². The average Bonchev–Trinajstić information content (AvgIpc) is 3.42. The zero-order valence-electron chi connectivity index (χ0n) is 30.2. The van der Waals surface area contributed by atoms with E-state index in [2.05, 4.69) is 61.8 Å². The molecule has 0 saturated heterocycles. The fourth-order valence-electron chi connectivity index (χ4n) is 7.83. The quantitative estimate of drug-likeness (QED) is 0.136. The molecule has 2 N–H and O–H groups in total. The fourth-order valence-corrected chi connectivity index (χ4v) is 7.83. The molecule has 1 amide bonds. The van der Waals surface area contributed by atoms with Crippen LogP contribution in [0.1, 0.15) is 110 Å². The number of carbonyl (C=O) groups excluding carboxylic acids is 3. The van der Waals surface area contributed by atoms with Gasteiger partial charge in [0.25, 0.3) is 0 Å². The number of anilines is 1. The molecule has 2 saturated carbocycles. The first-order chi connectivity index (χ1) is 22.1. The number of allylic oxidation sites excluding steroid dienone is 1. The van der Waals surface area contributed by atoms with E-state index < -0.39 is 18.0 Å². The summed E-state index contributed by atoms with van der Waals surface area (Å²) in [5.74, 6) is 0.384. The maximum Gasteiger partial charge on any atom is 0.387 e. The van der Waals surface area contributed by atoms with Gasteiger partial charge in [-0.3, -0.25) is 4.79 Å². The number of aliphatic imine (C=N–C) groups is 2. The zero-order valence-corrected chi connectivity index (χ0v) is 33.1. The number of amidine groups is 1. The molecule has 3 aliphatic rings. The van der Waals surface area contributed by atoms with Crippen LogP contribution in [0.25, 0.3) is 6.08 Å². The first-order valence-corrected chi connectivity index (χ1v) is 16.9. The minimum atomic E-state index is -0.625. The van der Waals surface area contributed by atoms with Crippen molar-refractivity contribution in [2.24, 2.45) is 45.5 Å². The maximum absolute atomic E-state index is 13.7. The van der Waals surface area contributed by atoms with E-state index in [4.69, 9.17) is 14.2 Å². The van der Waals surface area contributed by atoms with Crippen molar-refractivity contribution in [3.05, 3.63) is 33.7 Å². The molecule has 2 aliphatic carbocycles. The van der Waals surface area contributed by atoms with E-state index in [1.54, 1.807) is 26.8 Å². The minimum absolute atomic E-state index is 0. The summed E-state index contributed by atoms with van der Waals surface area (Å²) in [6.07, 6.45) is 4.31. The molecule has 1 aromatic rings. The molecule has 4 unspecified atom stereocenters. The summed E-state index contributed by atoms with van der Waals surface area (Å²) in [6, 6.07) is 0. The number of aromatic nitrogens is 1. The second kappa shape index (κ2) is 16.4. The third kappa shape index (κ3) is 8.84. The molecule has 4 rings (SSSR count). The molecule has 0 spiro atoms. The predicted molar refractivity (Wildman–Crippen MR) is 181 cm³/mol. The van der Waals surface area contributed by atoms with Crippen LogP contribution < -0.4 is 10.3 Å². The van der Waals surface area contributed by atoms with Gasteiger partial charge in [-0.05, 0) is 118 Å². The smallest absolute Gasteiger partial charge is 0.387 e. The predicted octanol–water partition coefficient (Wildman–Crippen LogP) is 6.77. The SMILES string of the molecule is CCOC(O)=NC1=N/C(=C\c2[n-]c(NC(C)=O)c(C(=O)OC3C(C)CC(C)CC3C)c2C)C(C)=C1C(=O)OC1C(C)CC(C)CC1C.[Zn]. The summed E-state index contributed by atoms with van der Waals surface area (Å²) in [4.78, 5) is 52.8. The molecule has 0 radical (unpaired) electrons. The van der Waals surface area contributed by atoms with E-state index in [0.717, 1.165) is 25.7 Å². The maximum atomic E-state index is 13.7. The van der Waals surface area contributed by atoms with Crippen molar-refractivity contribution < 1.29 is 53.2 Å². The summed E-state index contributed by atoms with van der Waals surface area (Å²) in [6.45, 7) is 19.5. The average molecular weight is 717 g/mol. The number of hydrogen-bond acceptors (Lipinski definition) is 8. The van der Waals surface area contributed by atoms with Crippen LogP contribution in [-0.2, 0) is 43.3 Å². The third-order valence-electron chi connectivity index (χ3n) is 9.71. The number of nitrogens with one attached hydrogen (secondary N) is 1. The van der Waals surface area contributed by atoms with Gasteiger partial charge in [-0.25, -0.2) is 14.6 Å². The Morgan fingerprint density at radius 1 is 0.917 bits per heavy atom. The molecular weight excluding hydrogens is 666 g/mol. The third-order valence-corrected chi connectivity index (χ3v) is 9.71. The molecule has 11 nitrogen and oxygen atoms in total. The van der Waals surface area contributed by atoms with Gasteiger partial charge in [-0.1, -0.05) is 41.5 Å². The second-order valence-electron chi connectivity index (χ2n) is 14.1. The Balaban J connectivity index is 0.00000625. The number of carbonyl (C=O) groups is 3. The van der Waals surface area contributed by atoms with Crippen molar-refractivity contribution >= 4 is 41.7 Å². The molecule has 260 valence electrons. The Hall–Kier alpha value is -3.27. The number of aliphatic hydroxyl groups is 1. The van der Waals surface area contributed by atoms with E-state index in [1.165, 1.54) is 6.92 Å². The van der Waals surface area contributed by atoms with E-state index in [9.17, 15) is 19.5 Å². The standard InChI is InChI=1S/C36H52N4O7.Zn/c1-11-45-36(44)40-33-29(35(43)47-31-21(6)14-18(3)15-22(31)7)24(9)27(39-33)16-26-23(8)28(32(38-26)37-25(10)41)34(42)46-30-19(4)12-17(2)13-20(30)5;/h16-22,30-31H,11-15H2,1-10H3,(H3,37,38,39,40,41,42,43,44);/p-1. The monoisotopic (exact) mass is 715 g/mol. The van der Waals surface area contributed by atoms with Gasteiger partial charge in [0, 0.05) is 19.5 Å². The molecule has 2 fully saturated rings. The van der Waals surface area contributed by atoms with Crippen molar-refractivity contribution in [2.75, 3.05) is 11.9 Å². The summed E-state index contributed by atoms with van der Waals surface area (Å²) in [5.41, 5.74) is 1.96. The van der Waals surface area contributed by atoms with Crippen LogP contribution in [0.5, 0.6) is 0 Å². The Labute approximate surface area is 297 Å². The van der Waals surface area contributed by atoms with E-state index in [-0.39, 0.29) is 90.7 Å². The number of ether oxygens (including phenoxy) is 3. The molecule has 4 atom stereocenters. The Morgan fingerprint density at radius 2 is 1.42 bits per heavy atom. The van der Waals surface area contributed by atoms with Gasteiger partial charge in [0.05, 0.1) is 17.9 Å². The summed E-state index contributed by atoms with van der Waals surface area (Å²) >= 11 is 0. The number of aliphatic hydroxyl groups excluding tert-OH is 1. The van der Waals surface area contributed by atoms with Gasteiger partial charge < -0.3 is 29.6 Å².